The first-order valence-corrected chi connectivity index (χ1v) is 9.05. The summed E-state index contributed by atoms with van der Waals surface area (Å²) in [6.07, 6.45) is 2.99. The molecule has 0 spiro atoms. The van der Waals surface area contributed by atoms with Crippen LogP contribution < -0.4 is 5.32 Å². The van der Waals surface area contributed by atoms with Crippen molar-refractivity contribution < 1.29 is 4.79 Å². The lowest BCUT2D eigenvalue weighted by Gasteiger charge is -2.17. The first kappa shape index (κ1) is 17.7. The Bertz CT molecular complexity index is 737. The van der Waals surface area contributed by atoms with Gasteiger partial charge in [0.15, 0.2) is 0 Å². The summed E-state index contributed by atoms with van der Waals surface area (Å²) in [5.41, 5.74) is 5.01. The number of carbonyl (C=O) groups excluding carboxylic acids is 1. The Morgan fingerprint density at radius 1 is 1.24 bits per heavy atom. The highest BCUT2D eigenvalue weighted by atomic mass is 16.2. The molecular weight excluding hydrogens is 312 g/mol. The summed E-state index contributed by atoms with van der Waals surface area (Å²) in [7, 11) is 0. The van der Waals surface area contributed by atoms with Gasteiger partial charge >= 0.3 is 0 Å². The number of likely N-dealkylation sites (tertiary alicyclic amines) is 1. The van der Waals surface area contributed by atoms with Gasteiger partial charge in [-0.05, 0) is 62.4 Å². The molecule has 2 aromatic rings. The van der Waals surface area contributed by atoms with E-state index in [4.69, 9.17) is 0 Å². The SMILES string of the molecule is Cc1ccn(CC(=O)NCC2CCN(Cc3ccc(C)c(C)c3)C2)n1. The molecule has 1 unspecified atom stereocenters. The van der Waals surface area contributed by atoms with Gasteiger partial charge in [-0.25, -0.2) is 0 Å². The zero-order valence-corrected chi connectivity index (χ0v) is 15.5. The van der Waals surface area contributed by atoms with Crippen molar-refractivity contribution in [2.24, 2.45) is 5.92 Å². The van der Waals surface area contributed by atoms with Crippen LogP contribution in [0.5, 0.6) is 0 Å². The lowest BCUT2D eigenvalue weighted by molar-refractivity contribution is -0.122. The quantitative estimate of drug-likeness (QED) is 0.879. The largest absolute Gasteiger partial charge is 0.354 e. The Kier molecular flexibility index (Phi) is 5.53. The van der Waals surface area contributed by atoms with E-state index in [0.29, 0.717) is 12.5 Å². The minimum absolute atomic E-state index is 0.0377. The van der Waals surface area contributed by atoms with Gasteiger partial charge < -0.3 is 5.32 Å². The van der Waals surface area contributed by atoms with Crippen LogP contribution in [0.25, 0.3) is 0 Å². The number of nitrogens with zero attached hydrogens (tertiary/aromatic N) is 3. The third kappa shape index (κ3) is 4.92. The molecule has 1 atom stereocenters. The van der Waals surface area contributed by atoms with E-state index in [2.05, 4.69) is 47.4 Å². The highest BCUT2D eigenvalue weighted by Gasteiger charge is 2.23. The minimum atomic E-state index is 0.0377. The van der Waals surface area contributed by atoms with Gasteiger partial charge in [-0.3, -0.25) is 14.4 Å². The van der Waals surface area contributed by atoms with E-state index in [9.17, 15) is 4.79 Å². The zero-order valence-electron chi connectivity index (χ0n) is 15.5. The van der Waals surface area contributed by atoms with Crippen molar-refractivity contribution in [3.8, 4) is 0 Å². The monoisotopic (exact) mass is 340 g/mol. The fourth-order valence-corrected chi connectivity index (χ4v) is 3.40. The third-order valence-electron chi connectivity index (χ3n) is 5.01. The maximum Gasteiger partial charge on any atom is 0.241 e. The van der Waals surface area contributed by atoms with Gasteiger partial charge in [0.1, 0.15) is 6.54 Å². The number of hydrogen-bond acceptors (Lipinski definition) is 3. The summed E-state index contributed by atoms with van der Waals surface area (Å²) < 4.78 is 1.69. The van der Waals surface area contributed by atoms with Crippen LogP contribution in [0.15, 0.2) is 30.5 Å². The fourth-order valence-electron chi connectivity index (χ4n) is 3.40. The first-order chi connectivity index (χ1) is 12.0. The van der Waals surface area contributed by atoms with Crippen molar-refractivity contribution in [2.75, 3.05) is 19.6 Å². The zero-order chi connectivity index (χ0) is 17.8. The van der Waals surface area contributed by atoms with Crippen molar-refractivity contribution in [3.63, 3.8) is 0 Å². The molecule has 0 saturated carbocycles. The second-order valence-corrected chi connectivity index (χ2v) is 7.27. The summed E-state index contributed by atoms with van der Waals surface area (Å²) in [5.74, 6) is 0.575. The van der Waals surface area contributed by atoms with Crippen LogP contribution >= 0.6 is 0 Å². The molecule has 1 aliphatic rings. The lowest BCUT2D eigenvalue weighted by atomic mass is 10.1. The normalized spacial score (nSPS) is 17.8. The van der Waals surface area contributed by atoms with Gasteiger partial charge in [-0.2, -0.15) is 5.10 Å². The molecule has 2 heterocycles. The predicted octanol–water partition coefficient (Wildman–Crippen LogP) is 2.45. The van der Waals surface area contributed by atoms with E-state index in [1.165, 1.54) is 16.7 Å². The lowest BCUT2D eigenvalue weighted by Crippen LogP contribution is -2.33. The average molecular weight is 340 g/mol. The van der Waals surface area contributed by atoms with E-state index in [0.717, 1.165) is 38.3 Å². The van der Waals surface area contributed by atoms with E-state index < -0.39 is 0 Å². The second kappa shape index (κ2) is 7.83. The van der Waals surface area contributed by atoms with Crippen molar-refractivity contribution in [1.82, 2.24) is 20.0 Å². The van der Waals surface area contributed by atoms with Crippen molar-refractivity contribution >= 4 is 5.91 Å². The molecule has 1 saturated heterocycles. The molecule has 0 radical (unpaired) electrons. The molecule has 1 aromatic carbocycles. The van der Waals surface area contributed by atoms with Crippen LogP contribution in [0, 0.1) is 26.7 Å². The fraction of sp³-hybridized carbons (Fsp3) is 0.500. The molecule has 1 N–H and O–H groups in total. The van der Waals surface area contributed by atoms with Gasteiger partial charge in [-0.1, -0.05) is 18.2 Å². The average Bonchev–Trinajstić information content (AvgIpc) is 3.18. The summed E-state index contributed by atoms with van der Waals surface area (Å²) in [4.78, 5) is 14.5. The molecule has 134 valence electrons. The third-order valence-corrected chi connectivity index (χ3v) is 5.01. The van der Waals surface area contributed by atoms with E-state index in [-0.39, 0.29) is 5.91 Å². The van der Waals surface area contributed by atoms with Crippen LogP contribution in [0.4, 0.5) is 0 Å². The Morgan fingerprint density at radius 2 is 2.08 bits per heavy atom. The van der Waals surface area contributed by atoms with Crippen molar-refractivity contribution in [2.45, 2.75) is 40.3 Å². The number of aromatic nitrogens is 2. The number of amides is 1. The molecule has 5 heteroatoms. The maximum atomic E-state index is 12.0. The summed E-state index contributed by atoms with van der Waals surface area (Å²) in [5, 5.41) is 7.31. The van der Waals surface area contributed by atoms with Gasteiger partial charge in [-0.15, -0.1) is 0 Å². The first-order valence-electron chi connectivity index (χ1n) is 9.05. The summed E-state index contributed by atoms with van der Waals surface area (Å²) in [6.45, 7) is 10.4. The van der Waals surface area contributed by atoms with Gasteiger partial charge in [0, 0.05) is 25.8 Å². The highest BCUT2D eigenvalue weighted by Crippen LogP contribution is 2.19. The van der Waals surface area contributed by atoms with Gasteiger partial charge in [0.2, 0.25) is 5.91 Å². The second-order valence-electron chi connectivity index (χ2n) is 7.27. The number of nitrogens with one attached hydrogen (secondary N) is 1. The minimum Gasteiger partial charge on any atom is -0.354 e. The number of carbonyl (C=O) groups is 1. The van der Waals surface area contributed by atoms with Crippen LogP contribution in [0.2, 0.25) is 0 Å². The smallest absolute Gasteiger partial charge is 0.241 e. The standard InChI is InChI=1S/C20H28N4O/c1-15-4-5-18(10-16(15)2)12-23-8-7-19(13-23)11-21-20(25)14-24-9-6-17(3)22-24/h4-6,9-10,19H,7-8,11-14H2,1-3H3,(H,21,25). The molecular formula is C20H28N4O. The summed E-state index contributed by atoms with van der Waals surface area (Å²) >= 11 is 0. The predicted molar refractivity (Wildman–Crippen MR) is 99.3 cm³/mol. The molecule has 1 fully saturated rings. The number of benzene rings is 1. The van der Waals surface area contributed by atoms with Crippen LogP contribution in [-0.4, -0.2) is 40.2 Å². The molecule has 1 amide bonds. The Hall–Kier alpha value is -2.14. The molecule has 1 aromatic heterocycles. The van der Waals surface area contributed by atoms with Gasteiger partial charge in [0.05, 0.1) is 5.69 Å². The molecule has 1 aliphatic heterocycles. The topological polar surface area (TPSA) is 50.2 Å². The Balaban J connectivity index is 1.41. The maximum absolute atomic E-state index is 12.0. The summed E-state index contributed by atoms with van der Waals surface area (Å²) in [6, 6.07) is 8.63. The number of rotatable bonds is 6. The number of aryl methyl sites for hydroxylation is 3. The van der Waals surface area contributed by atoms with E-state index in [1.807, 2.05) is 19.2 Å². The molecule has 0 aliphatic carbocycles. The highest BCUT2D eigenvalue weighted by molar-refractivity contribution is 5.75. The number of hydrogen-bond donors (Lipinski definition) is 1. The van der Waals surface area contributed by atoms with E-state index >= 15 is 0 Å². The van der Waals surface area contributed by atoms with Crippen molar-refractivity contribution in [3.05, 3.63) is 52.8 Å². The van der Waals surface area contributed by atoms with Crippen LogP contribution in [0.1, 0.15) is 28.8 Å². The van der Waals surface area contributed by atoms with Crippen molar-refractivity contribution in [1.29, 1.82) is 0 Å². The van der Waals surface area contributed by atoms with Crippen LogP contribution in [0.3, 0.4) is 0 Å². The van der Waals surface area contributed by atoms with Gasteiger partial charge in [0.25, 0.3) is 0 Å². The van der Waals surface area contributed by atoms with E-state index in [1.54, 1.807) is 4.68 Å². The Morgan fingerprint density at radius 3 is 2.80 bits per heavy atom. The molecule has 25 heavy (non-hydrogen) atoms. The molecule has 5 nitrogen and oxygen atoms in total. The molecule has 3 rings (SSSR count). The Labute approximate surface area is 150 Å². The van der Waals surface area contributed by atoms with Crippen LogP contribution in [-0.2, 0) is 17.9 Å². The molecule has 0 bridgehead atoms.